The van der Waals surface area contributed by atoms with Crippen molar-refractivity contribution in [3.63, 3.8) is 0 Å². The number of hydrogen-bond donors (Lipinski definition) is 0. The minimum atomic E-state index is 0.785. The molecule has 0 aliphatic heterocycles. The predicted octanol–water partition coefficient (Wildman–Crippen LogP) is 2.10. The van der Waals surface area contributed by atoms with Gasteiger partial charge in [-0.3, -0.25) is 0 Å². The van der Waals surface area contributed by atoms with Gasteiger partial charge in [0.25, 0.3) is 0 Å². The average Bonchev–Trinajstić information content (AvgIpc) is 2.44. The Labute approximate surface area is 130 Å². The van der Waals surface area contributed by atoms with Gasteiger partial charge in [0.15, 0.2) is 0 Å². The van der Waals surface area contributed by atoms with Gasteiger partial charge in [-0.15, -0.1) is 0 Å². The first-order chi connectivity index (χ1) is 9.93. The quantitative estimate of drug-likeness (QED) is 0.686. The number of ether oxygens (including phenoxy) is 2. The van der Waals surface area contributed by atoms with Gasteiger partial charge in [-0.25, -0.2) is 0 Å². The van der Waals surface area contributed by atoms with Crippen molar-refractivity contribution in [2.24, 2.45) is 0 Å². The number of benzene rings is 1. The van der Waals surface area contributed by atoms with Crippen molar-refractivity contribution in [1.82, 2.24) is 4.90 Å². The van der Waals surface area contributed by atoms with Gasteiger partial charge in [-0.2, -0.15) is 0 Å². The van der Waals surface area contributed by atoms with Crippen molar-refractivity contribution in [3.8, 4) is 0 Å². The van der Waals surface area contributed by atoms with Crippen LogP contribution in [0.15, 0.2) is 30.3 Å². The first-order valence-electron chi connectivity index (χ1n) is 7.40. The molecule has 4 nitrogen and oxygen atoms in total. The highest BCUT2D eigenvalue weighted by molar-refractivity contribution is 5.13. The Morgan fingerprint density at radius 2 is 1.33 bits per heavy atom. The molecule has 1 aromatic rings. The molecule has 0 aliphatic carbocycles. The third-order valence-corrected chi connectivity index (χ3v) is 3.08. The Bertz CT molecular complexity index is 331. The summed E-state index contributed by atoms with van der Waals surface area (Å²) in [5.74, 6) is 0. The number of methoxy groups -OCH3 is 2. The highest BCUT2D eigenvalue weighted by Crippen LogP contribution is 2.11. The summed E-state index contributed by atoms with van der Waals surface area (Å²) in [5, 5.41) is 0. The lowest BCUT2D eigenvalue weighted by molar-refractivity contribution is -0.923. The second-order valence-electron chi connectivity index (χ2n) is 6.04. The summed E-state index contributed by atoms with van der Waals surface area (Å²) in [6, 6.07) is 10.6. The van der Waals surface area contributed by atoms with E-state index in [1.54, 1.807) is 14.2 Å². The van der Waals surface area contributed by atoms with Crippen LogP contribution in [0.25, 0.3) is 0 Å². The van der Waals surface area contributed by atoms with E-state index < -0.39 is 0 Å². The van der Waals surface area contributed by atoms with Crippen molar-refractivity contribution in [2.75, 3.05) is 68.7 Å². The number of nitrogens with zero attached hydrogens (tertiary/aromatic N) is 2. The molecule has 0 fully saturated rings. The molecule has 0 amide bonds. The molecule has 0 heterocycles. The van der Waals surface area contributed by atoms with Crippen LogP contribution in [0.1, 0.15) is 5.56 Å². The minimum absolute atomic E-state index is 0.785. The zero-order chi connectivity index (χ0) is 16.1. The summed E-state index contributed by atoms with van der Waals surface area (Å²) >= 11 is 0. The second-order valence-corrected chi connectivity index (χ2v) is 6.04. The van der Waals surface area contributed by atoms with Crippen LogP contribution in [-0.4, -0.2) is 78.1 Å². The van der Waals surface area contributed by atoms with E-state index in [1.165, 1.54) is 5.56 Å². The van der Waals surface area contributed by atoms with Gasteiger partial charge in [0, 0.05) is 19.8 Å². The fraction of sp³-hybridized carbons (Fsp3) is 0.647. The maximum atomic E-state index is 5.20. The molecule has 122 valence electrons. The first-order valence-corrected chi connectivity index (χ1v) is 7.40. The fourth-order valence-corrected chi connectivity index (χ4v) is 1.92. The van der Waals surface area contributed by atoms with E-state index in [0.717, 1.165) is 37.3 Å². The maximum Gasteiger partial charge on any atom is 0.104 e. The van der Waals surface area contributed by atoms with Crippen LogP contribution in [0.5, 0.6) is 0 Å². The van der Waals surface area contributed by atoms with Crippen LogP contribution >= 0.6 is 0 Å². The first kappa shape index (κ1) is 20.1. The van der Waals surface area contributed by atoms with Crippen LogP contribution in [-0.2, 0) is 16.0 Å². The third kappa shape index (κ3) is 11.4. The molecule has 0 aromatic heterocycles. The van der Waals surface area contributed by atoms with Gasteiger partial charge in [-0.1, -0.05) is 30.3 Å². The molecule has 1 aromatic carbocycles. The molecule has 0 unspecified atom stereocenters. The number of likely N-dealkylation sites (N-methyl/N-ethyl adjacent to an activating group) is 1. The summed E-state index contributed by atoms with van der Waals surface area (Å²) in [5.41, 5.74) is 1.36. The molecule has 0 spiro atoms. The van der Waals surface area contributed by atoms with Crippen molar-refractivity contribution in [1.29, 1.82) is 0 Å². The van der Waals surface area contributed by atoms with Gasteiger partial charge in [0.05, 0.1) is 20.3 Å². The lowest BCUT2D eigenvalue weighted by Crippen LogP contribution is -2.47. The molecule has 0 atom stereocenters. The normalized spacial score (nSPS) is 11.2. The molecule has 21 heavy (non-hydrogen) atoms. The molecule has 0 bridgehead atoms. The number of quaternary nitrogens is 1. The standard InChI is InChI=1S/C14H24NO2.C3H9N/c1-15(9-11-16-2,10-12-17-3)13-14-7-5-4-6-8-14;1-4(2)3/h4-8H,9-13H2,1-3H3;1-3H3/q+1;. The maximum absolute atomic E-state index is 5.20. The summed E-state index contributed by atoms with van der Waals surface area (Å²) in [6.45, 7) is 4.61. The lowest BCUT2D eigenvalue weighted by atomic mass is 10.2. The Kier molecular flexibility index (Phi) is 11.2. The van der Waals surface area contributed by atoms with E-state index >= 15 is 0 Å². The van der Waals surface area contributed by atoms with E-state index in [2.05, 4.69) is 37.4 Å². The summed E-state index contributed by atoms with van der Waals surface area (Å²) in [7, 11) is 11.8. The van der Waals surface area contributed by atoms with Gasteiger partial charge in [0.1, 0.15) is 19.6 Å². The van der Waals surface area contributed by atoms with Crippen LogP contribution in [0.4, 0.5) is 0 Å². The van der Waals surface area contributed by atoms with E-state index in [4.69, 9.17) is 9.47 Å². The van der Waals surface area contributed by atoms with Crippen LogP contribution in [0.2, 0.25) is 0 Å². The number of hydrogen-bond acceptors (Lipinski definition) is 3. The van der Waals surface area contributed by atoms with Gasteiger partial charge >= 0.3 is 0 Å². The molecule has 0 saturated heterocycles. The lowest BCUT2D eigenvalue weighted by Gasteiger charge is -2.34. The second kappa shape index (κ2) is 11.7. The molecular weight excluding hydrogens is 264 g/mol. The molecule has 0 N–H and O–H groups in total. The Balaban J connectivity index is 0.000000885. The van der Waals surface area contributed by atoms with Crippen molar-refractivity contribution in [2.45, 2.75) is 6.54 Å². The fourth-order valence-electron chi connectivity index (χ4n) is 1.92. The molecule has 0 radical (unpaired) electrons. The summed E-state index contributed by atoms with van der Waals surface area (Å²) < 4.78 is 11.3. The van der Waals surface area contributed by atoms with Gasteiger partial charge in [0.2, 0.25) is 0 Å². The monoisotopic (exact) mass is 297 g/mol. The Hall–Kier alpha value is -0.940. The SMILES string of the molecule is CN(C)C.COCC[N+](C)(CCOC)Cc1ccccc1. The Morgan fingerprint density at radius 3 is 1.71 bits per heavy atom. The molecular formula is C17H33N2O2+. The number of rotatable bonds is 8. The summed E-state index contributed by atoms with van der Waals surface area (Å²) in [6.07, 6.45) is 0. The molecule has 0 aliphatic rings. The van der Waals surface area contributed by atoms with Crippen molar-refractivity contribution >= 4 is 0 Å². The van der Waals surface area contributed by atoms with Crippen molar-refractivity contribution in [3.05, 3.63) is 35.9 Å². The highest BCUT2D eigenvalue weighted by Gasteiger charge is 2.21. The van der Waals surface area contributed by atoms with Gasteiger partial charge in [-0.05, 0) is 21.1 Å². The van der Waals surface area contributed by atoms with Crippen LogP contribution < -0.4 is 0 Å². The zero-order valence-electron chi connectivity index (χ0n) is 14.6. The van der Waals surface area contributed by atoms with E-state index in [1.807, 2.05) is 26.0 Å². The average molecular weight is 297 g/mol. The Morgan fingerprint density at radius 1 is 0.905 bits per heavy atom. The van der Waals surface area contributed by atoms with Crippen LogP contribution in [0, 0.1) is 0 Å². The van der Waals surface area contributed by atoms with E-state index in [0.29, 0.717) is 0 Å². The highest BCUT2D eigenvalue weighted by atomic mass is 16.5. The summed E-state index contributed by atoms with van der Waals surface area (Å²) in [4.78, 5) is 2.00. The molecule has 0 saturated carbocycles. The van der Waals surface area contributed by atoms with E-state index in [-0.39, 0.29) is 0 Å². The zero-order valence-corrected chi connectivity index (χ0v) is 14.6. The van der Waals surface area contributed by atoms with Crippen LogP contribution in [0.3, 0.4) is 0 Å². The minimum Gasteiger partial charge on any atom is -0.379 e. The predicted molar refractivity (Wildman–Crippen MR) is 89.4 cm³/mol. The molecule has 4 heteroatoms. The van der Waals surface area contributed by atoms with Gasteiger partial charge < -0.3 is 18.9 Å². The smallest absolute Gasteiger partial charge is 0.104 e. The largest absolute Gasteiger partial charge is 0.379 e. The van der Waals surface area contributed by atoms with E-state index in [9.17, 15) is 0 Å². The third-order valence-electron chi connectivity index (χ3n) is 3.08. The molecule has 1 rings (SSSR count). The van der Waals surface area contributed by atoms with Crippen molar-refractivity contribution < 1.29 is 14.0 Å². The topological polar surface area (TPSA) is 21.7 Å².